The molecule has 1 heterocycles. The molecule has 1 aromatic rings. The van der Waals surface area contributed by atoms with Crippen molar-refractivity contribution in [2.24, 2.45) is 11.8 Å². The summed E-state index contributed by atoms with van der Waals surface area (Å²) in [5.74, 6) is 1.72. The smallest absolute Gasteiger partial charge is 0.218 e. The van der Waals surface area contributed by atoms with E-state index in [0.29, 0.717) is 18.3 Å². The summed E-state index contributed by atoms with van der Waals surface area (Å²) >= 11 is 0. The van der Waals surface area contributed by atoms with Crippen LogP contribution in [-0.4, -0.2) is 17.6 Å². The zero-order chi connectivity index (χ0) is 15.2. The Morgan fingerprint density at radius 2 is 2.14 bits per heavy atom. The molecule has 118 valence electrons. The zero-order valence-corrected chi connectivity index (χ0v) is 13.4. The Balaban J connectivity index is 2.01. The summed E-state index contributed by atoms with van der Waals surface area (Å²) < 4.78 is 19.5. The van der Waals surface area contributed by atoms with Crippen LogP contribution in [-0.2, 0) is 6.54 Å². The van der Waals surface area contributed by atoms with Gasteiger partial charge in [0.15, 0.2) is 0 Å². The largest absolute Gasteiger partial charge is 0.474 e. The topological polar surface area (TPSA) is 34.2 Å². The first-order valence-corrected chi connectivity index (χ1v) is 8.12. The minimum absolute atomic E-state index is 0.207. The Hall–Kier alpha value is -1.16. The standard InChI is InChI=1S/C17H27FN2O/c1-4-7-19-10-14-9-15(18)11-20-17(14)21-16-6-5-12(2)13(3)8-16/h9,11-13,16,19H,4-8,10H2,1-3H3. The summed E-state index contributed by atoms with van der Waals surface area (Å²) in [5.41, 5.74) is 0.815. The molecule has 0 bridgehead atoms. The third-order valence-corrected chi connectivity index (χ3v) is 4.46. The van der Waals surface area contributed by atoms with Crippen molar-refractivity contribution in [3.8, 4) is 5.88 Å². The molecule has 1 aromatic heterocycles. The van der Waals surface area contributed by atoms with Crippen molar-refractivity contribution in [2.45, 2.75) is 59.1 Å². The molecule has 1 saturated carbocycles. The van der Waals surface area contributed by atoms with Gasteiger partial charge in [0, 0.05) is 12.1 Å². The lowest BCUT2D eigenvalue weighted by Gasteiger charge is -2.32. The summed E-state index contributed by atoms with van der Waals surface area (Å²) in [6, 6.07) is 1.53. The predicted octanol–water partition coefficient (Wildman–Crippen LogP) is 3.92. The third kappa shape index (κ3) is 4.67. The molecular weight excluding hydrogens is 267 g/mol. The highest BCUT2D eigenvalue weighted by atomic mass is 19.1. The normalized spacial score (nSPS) is 25.8. The fourth-order valence-corrected chi connectivity index (χ4v) is 2.86. The van der Waals surface area contributed by atoms with Crippen molar-refractivity contribution in [1.29, 1.82) is 0 Å². The molecule has 0 aliphatic heterocycles. The van der Waals surface area contributed by atoms with Gasteiger partial charge in [-0.05, 0) is 50.1 Å². The Kier molecular flexibility index (Phi) is 5.97. The molecule has 4 heteroatoms. The number of ether oxygens (including phenoxy) is 1. The number of aromatic nitrogens is 1. The summed E-state index contributed by atoms with van der Waals surface area (Å²) in [4.78, 5) is 4.16. The van der Waals surface area contributed by atoms with Gasteiger partial charge in [-0.3, -0.25) is 0 Å². The highest BCUT2D eigenvalue weighted by Gasteiger charge is 2.26. The van der Waals surface area contributed by atoms with E-state index in [9.17, 15) is 4.39 Å². The van der Waals surface area contributed by atoms with Crippen LogP contribution in [0.3, 0.4) is 0 Å². The van der Waals surface area contributed by atoms with Crippen molar-refractivity contribution >= 4 is 0 Å². The summed E-state index contributed by atoms with van der Waals surface area (Å²) in [5, 5.41) is 3.29. The van der Waals surface area contributed by atoms with E-state index in [2.05, 4.69) is 31.1 Å². The molecule has 2 rings (SSSR count). The number of rotatable bonds is 6. The molecule has 3 nitrogen and oxygen atoms in total. The maximum Gasteiger partial charge on any atom is 0.218 e. The van der Waals surface area contributed by atoms with Crippen LogP contribution < -0.4 is 10.1 Å². The Bertz CT molecular complexity index is 452. The molecule has 3 unspecified atom stereocenters. The van der Waals surface area contributed by atoms with Crippen molar-refractivity contribution in [1.82, 2.24) is 10.3 Å². The molecule has 0 amide bonds. The first kappa shape index (κ1) is 16.2. The Morgan fingerprint density at radius 3 is 2.86 bits per heavy atom. The minimum Gasteiger partial charge on any atom is -0.474 e. The number of hydrogen-bond acceptors (Lipinski definition) is 3. The SMILES string of the molecule is CCCNCc1cc(F)cnc1OC1CCC(C)C(C)C1. The number of hydrogen-bond donors (Lipinski definition) is 1. The zero-order valence-electron chi connectivity index (χ0n) is 13.4. The minimum atomic E-state index is -0.304. The number of halogens is 1. The van der Waals surface area contributed by atoms with Gasteiger partial charge in [-0.15, -0.1) is 0 Å². The van der Waals surface area contributed by atoms with Gasteiger partial charge in [0.05, 0.1) is 6.20 Å². The van der Waals surface area contributed by atoms with Crippen LogP contribution >= 0.6 is 0 Å². The maximum atomic E-state index is 13.4. The van der Waals surface area contributed by atoms with Crippen molar-refractivity contribution < 1.29 is 9.13 Å². The van der Waals surface area contributed by atoms with E-state index in [-0.39, 0.29) is 11.9 Å². The van der Waals surface area contributed by atoms with E-state index >= 15 is 0 Å². The molecule has 21 heavy (non-hydrogen) atoms. The number of nitrogens with zero attached hydrogens (tertiary/aromatic N) is 1. The van der Waals surface area contributed by atoms with Crippen LogP contribution in [0.5, 0.6) is 5.88 Å². The van der Waals surface area contributed by atoms with E-state index in [1.165, 1.54) is 18.7 Å². The van der Waals surface area contributed by atoms with Gasteiger partial charge in [0.25, 0.3) is 0 Å². The predicted molar refractivity (Wildman–Crippen MR) is 82.8 cm³/mol. The van der Waals surface area contributed by atoms with E-state index < -0.39 is 0 Å². The van der Waals surface area contributed by atoms with Gasteiger partial charge in [0.1, 0.15) is 11.9 Å². The second-order valence-corrected chi connectivity index (χ2v) is 6.30. The third-order valence-electron chi connectivity index (χ3n) is 4.46. The van der Waals surface area contributed by atoms with Crippen molar-refractivity contribution in [3.05, 3.63) is 23.6 Å². The van der Waals surface area contributed by atoms with Gasteiger partial charge in [-0.1, -0.05) is 20.8 Å². The van der Waals surface area contributed by atoms with Crippen LogP contribution in [0.15, 0.2) is 12.3 Å². The first-order chi connectivity index (χ1) is 10.1. The highest BCUT2D eigenvalue weighted by Crippen LogP contribution is 2.32. The number of pyridine rings is 1. The Labute approximate surface area is 127 Å². The highest BCUT2D eigenvalue weighted by molar-refractivity contribution is 5.26. The molecule has 1 N–H and O–H groups in total. The maximum absolute atomic E-state index is 13.4. The van der Waals surface area contributed by atoms with Crippen molar-refractivity contribution in [3.63, 3.8) is 0 Å². The molecule has 0 radical (unpaired) electrons. The lowest BCUT2D eigenvalue weighted by molar-refractivity contribution is 0.0951. The average Bonchev–Trinajstić information content (AvgIpc) is 2.46. The second kappa shape index (κ2) is 7.74. The molecule has 0 aromatic carbocycles. The fourth-order valence-electron chi connectivity index (χ4n) is 2.86. The van der Waals surface area contributed by atoms with Gasteiger partial charge in [-0.25, -0.2) is 9.37 Å². The van der Waals surface area contributed by atoms with Crippen LogP contribution in [0.1, 0.15) is 52.0 Å². The van der Waals surface area contributed by atoms with Gasteiger partial charge < -0.3 is 10.1 Å². The molecule has 0 saturated heterocycles. The lowest BCUT2D eigenvalue weighted by Crippen LogP contribution is -2.29. The van der Waals surface area contributed by atoms with E-state index in [4.69, 9.17) is 4.74 Å². The number of nitrogens with one attached hydrogen (secondary N) is 1. The van der Waals surface area contributed by atoms with Crippen LogP contribution in [0.4, 0.5) is 4.39 Å². The average molecular weight is 294 g/mol. The van der Waals surface area contributed by atoms with Gasteiger partial charge in [-0.2, -0.15) is 0 Å². The van der Waals surface area contributed by atoms with Gasteiger partial charge >= 0.3 is 0 Å². The van der Waals surface area contributed by atoms with Crippen LogP contribution in [0.2, 0.25) is 0 Å². The molecule has 1 aliphatic carbocycles. The van der Waals surface area contributed by atoms with Crippen LogP contribution in [0, 0.1) is 17.7 Å². The molecule has 3 atom stereocenters. The summed E-state index contributed by atoms with van der Waals surface area (Å²) in [7, 11) is 0. The lowest BCUT2D eigenvalue weighted by atomic mass is 9.80. The first-order valence-electron chi connectivity index (χ1n) is 8.12. The van der Waals surface area contributed by atoms with Crippen LogP contribution in [0.25, 0.3) is 0 Å². The van der Waals surface area contributed by atoms with Crippen molar-refractivity contribution in [2.75, 3.05) is 6.54 Å². The van der Waals surface area contributed by atoms with E-state index in [1.807, 2.05) is 0 Å². The second-order valence-electron chi connectivity index (χ2n) is 6.30. The summed E-state index contributed by atoms with van der Waals surface area (Å²) in [6.07, 6.45) is 5.81. The quantitative estimate of drug-likeness (QED) is 0.807. The molecule has 1 aliphatic rings. The Morgan fingerprint density at radius 1 is 1.33 bits per heavy atom. The molecular formula is C17H27FN2O. The monoisotopic (exact) mass is 294 g/mol. The van der Waals surface area contributed by atoms with Gasteiger partial charge in [0.2, 0.25) is 5.88 Å². The molecule has 1 fully saturated rings. The fraction of sp³-hybridized carbons (Fsp3) is 0.706. The van der Waals surface area contributed by atoms with E-state index in [1.54, 1.807) is 0 Å². The molecule has 0 spiro atoms. The summed E-state index contributed by atoms with van der Waals surface area (Å²) in [6.45, 7) is 8.21. The van der Waals surface area contributed by atoms with E-state index in [0.717, 1.165) is 37.3 Å².